The van der Waals surface area contributed by atoms with Crippen LogP contribution < -0.4 is 9.47 Å². The number of methoxy groups -OCH3 is 3. The van der Waals surface area contributed by atoms with Gasteiger partial charge in [-0.15, -0.1) is 0 Å². The Balaban J connectivity index is 0.000000210. The summed E-state index contributed by atoms with van der Waals surface area (Å²) in [7, 11) is 4.03. The number of likely N-dealkylation sites (tertiary alicyclic amines) is 2. The van der Waals surface area contributed by atoms with Crippen LogP contribution in [0.2, 0.25) is 19.6 Å². The van der Waals surface area contributed by atoms with Gasteiger partial charge in [-0.05, 0) is 161 Å². The first-order valence-electron chi connectivity index (χ1n) is 28.4. The molecule has 3 fully saturated rings. The van der Waals surface area contributed by atoms with Gasteiger partial charge in [-0.2, -0.15) is 0 Å². The highest BCUT2D eigenvalue weighted by Crippen LogP contribution is 2.56. The van der Waals surface area contributed by atoms with E-state index in [1.54, 1.807) is 58.2 Å². The lowest BCUT2D eigenvalue weighted by atomic mass is 9.68. The Bertz CT molecular complexity index is 3230. The second-order valence-corrected chi connectivity index (χ2v) is 28.5. The Labute approximate surface area is 494 Å². The second-order valence-electron chi connectivity index (χ2n) is 23.1. The van der Waals surface area contributed by atoms with E-state index in [0.29, 0.717) is 12.3 Å². The monoisotopic (exact) mass is 1150 g/mol. The number of amides is 2. The predicted octanol–water partition coefficient (Wildman–Crippen LogP) is 15.3. The van der Waals surface area contributed by atoms with E-state index >= 15 is 0 Å². The van der Waals surface area contributed by atoms with E-state index in [0.717, 1.165) is 116 Å². The molecule has 2 amide bonds. The van der Waals surface area contributed by atoms with Crippen LogP contribution in [-0.2, 0) is 20.9 Å². The van der Waals surface area contributed by atoms with Crippen LogP contribution in [0.3, 0.4) is 0 Å². The molecule has 0 N–H and O–H groups in total. The lowest BCUT2D eigenvalue weighted by molar-refractivity contribution is -0.149. The maximum absolute atomic E-state index is 14.1. The molecule has 10 rings (SSSR count). The van der Waals surface area contributed by atoms with Gasteiger partial charge in [0.05, 0.1) is 81.9 Å². The Hall–Kier alpha value is -7.20. The summed E-state index contributed by atoms with van der Waals surface area (Å²) in [4.78, 5) is 42.2. The van der Waals surface area contributed by atoms with Crippen molar-refractivity contribution in [2.75, 3.05) is 47.3 Å². The number of halogens is 2. The minimum Gasteiger partial charge on any atom is -0.495 e. The van der Waals surface area contributed by atoms with Crippen LogP contribution in [0.5, 0.6) is 11.5 Å². The number of imidazole rings is 2. The Morgan fingerprint density at radius 1 is 0.699 bits per heavy atom. The third-order valence-corrected chi connectivity index (χ3v) is 17.3. The first kappa shape index (κ1) is 65.0. The lowest BCUT2D eigenvalue weighted by Gasteiger charge is -2.45. The lowest BCUT2D eigenvalue weighted by Crippen LogP contribution is -2.50. The molecule has 1 spiro atoms. The number of aromatic nitrogens is 4. The molecule has 2 saturated heterocycles. The van der Waals surface area contributed by atoms with Crippen molar-refractivity contribution in [3.05, 3.63) is 197 Å². The minimum atomic E-state index is -1.07. The van der Waals surface area contributed by atoms with Crippen molar-refractivity contribution in [3.63, 3.8) is 0 Å². The molecule has 4 atom stereocenters. The topological polar surface area (TPSA) is 107 Å². The third-order valence-electron chi connectivity index (χ3n) is 15.9. The summed E-state index contributed by atoms with van der Waals surface area (Å²) in [6.07, 6.45) is 17.1. The number of hydrogen-bond acceptors (Lipinski definition) is 8. The largest absolute Gasteiger partial charge is 0.495 e. The van der Waals surface area contributed by atoms with E-state index in [-0.39, 0.29) is 61.7 Å². The standard InChI is InChI=1S/C28H32FN3O2.C25H26FN3O2.C13H23NOSi.2CH4/c1-19-17-31(18-30-19)25-12-9-22(16-26(25)34-3)24-6-4-13-28(24)14-5-15-32(27(28)33)20(2)21-7-10-23(29)11-8-21;1-17-15-28(16-27-17)23-11-6-19(14-24(23)31-3)13-21-5-4-12-29(25(21)30)18(2)20-7-9-22(26)10-8-20;1-15-11-14(12-16(2,3)4)10-13-8-6-5-7-9-13;;/h7-12,16-18,20,24H,4-6,13-15H2,1-3H3;6-11,13-16,18H,4-5,12H2,1-3H3;5-9H,10-12H2,1-4H3;2*1H4/b;21-13+;;;. The van der Waals surface area contributed by atoms with Gasteiger partial charge in [0.15, 0.2) is 0 Å². The number of nitrogens with zero attached hydrogens (tertiary/aromatic N) is 7. The van der Waals surface area contributed by atoms with E-state index in [1.165, 1.54) is 41.6 Å². The first-order valence-corrected chi connectivity index (χ1v) is 32.1. The minimum absolute atomic E-state index is 0. The fraction of sp³-hybridized carbons (Fsp3) is 0.412. The van der Waals surface area contributed by atoms with Crippen molar-refractivity contribution in [2.24, 2.45) is 5.41 Å². The van der Waals surface area contributed by atoms with Crippen molar-refractivity contribution in [2.45, 2.75) is 132 Å². The number of carbonyl (C=O) groups is 2. The van der Waals surface area contributed by atoms with Gasteiger partial charge in [-0.3, -0.25) is 14.5 Å². The molecule has 83 heavy (non-hydrogen) atoms. The normalized spacial score (nSPS) is 18.1. The number of piperidine rings is 2. The highest BCUT2D eigenvalue weighted by molar-refractivity contribution is 6.76. The quantitative estimate of drug-likeness (QED) is 0.0535. The molecule has 15 heteroatoms. The van der Waals surface area contributed by atoms with E-state index in [1.807, 2.05) is 76.4 Å². The van der Waals surface area contributed by atoms with Crippen LogP contribution in [0.25, 0.3) is 17.5 Å². The molecule has 1 saturated carbocycles. The summed E-state index contributed by atoms with van der Waals surface area (Å²) < 4.78 is 47.2. The van der Waals surface area contributed by atoms with Gasteiger partial charge in [0.25, 0.3) is 0 Å². The molecule has 3 aliphatic rings. The maximum Gasteiger partial charge on any atom is 0.250 e. The summed E-state index contributed by atoms with van der Waals surface area (Å²) in [5.74, 6) is 1.41. The number of carbonyl (C=O) groups excluding carboxylic acids is 2. The van der Waals surface area contributed by atoms with Crippen LogP contribution in [0.1, 0.15) is 131 Å². The molecule has 444 valence electrons. The first-order chi connectivity index (χ1) is 38.9. The van der Waals surface area contributed by atoms with Gasteiger partial charge in [0, 0.05) is 44.7 Å². The number of rotatable bonds is 16. The molecular formula is C68H89F2N7O5Si. The number of aryl methyl sites for hydroxylation is 2. The molecule has 5 aromatic carbocycles. The zero-order valence-corrected chi connectivity index (χ0v) is 50.0. The van der Waals surface area contributed by atoms with Crippen LogP contribution in [-0.4, -0.2) is 101 Å². The van der Waals surface area contributed by atoms with Gasteiger partial charge in [-0.1, -0.05) is 108 Å². The summed E-state index contributed by atoms with van der Waals surface area (Å²) >= 11 is 0. The van der Waals surface area contributed by atoms with Crippen LogP contribution in [0, 0.1) is 30.9 Å². The van der Waals surface area contributed by atoms with Gasteiger partial charge in [0.1, 0.15) is 23.1 Å². The van der Waals surface area contributed by atoms with Crippen molar-refractivity contribution >= 4 is 26.0 Å². The smallest absolute Gasteiger partial charge is 0.250 e. The van der Waals surface area contributed by atoms with Crippen LogP contribution in [0.4, 0.5) is 8.78 Å². The zero-order valence-electron chi connectivity index (χ0n) is 49.0. The molecule has 7 aromatic rings. The molecule has 1 aliphatic carbocycles. The summed E-state index contributed by atoms with van der Waals surface area (Å²) in [5, 5.41) is 0. The molecule has 2 aliphatic heterocycles. The average molecular weight is 1150 g/mol. The number of hydrogen-bond donors (Lipinski definition) is 0. The number of ether oxygens (including phenoxy) is 3. The third kappa shape index (κ3) is 16.1. The zero-order chi connectivity index (χ0) is 57.8. The highest BCUT2D eigenvalue weighted by Gasteiger charge is 2.53. The fourth-order valence-corrected chi connectivity index (χ4v) is 13.5. The molecule has 0 bridgehead atoms. The maximum atomic E-state index is 14.1. The van der Waals surface area contributed by atoms with Gasteiger partial charge in [-0.25, -0.2) is 18.7 Å². The molecule has 2 aromatic heterocycles. The molecule has 12 nitrogen and oxygen atoms in total. The predicted molar refractivity (Wildman–Crippen MR) is 334 cm³/mol. The Morgan fingerprint density at radius 2 is 1.24 bits per heavy atom. The van der Waals surface area contributed by atoms with Crippen LogP contribution >= 0.6 is 0 Å². The van der Waals surface area contributed by atoms with Gasteiger partial charge < -0.3 is 33.1 Å². The number of benzene rings is 5. The van der Waals surface area contributed by atoms with Crippen molar-refractivity contribution < 1.29 is 32.6 Å². The Morgan fingerprint density at radius 3 is 1.78 bits per heavy atom. The van der Waals surface area contributed by atoms with Gasteiger partial charge >= 0.3 is 0 Å². The van der Waals surface area contributed by atoms with Crippen molar-refractivity contribution in [3.8, 4) is 22.9 Å². The summed E-state index contributed by atoms with van der Waals surface area (Å²) in [6, 6.07) is 35.5. The van der Waals surface area contributed by atoms with E-state index < -0.39 is 8.07 Å². The van der Waals surface area contributed by atoms with E-state index in [2.05, 4.69) is 90.0 Å². The van der Waals surface area contributed by atoms with Crippen molar-refractivity contribution in [1.82, 2.24) is 33.8 Å². The summed E-state index contributed by atoms with van der Waals surface area (Å²) in [5.41, 5.74) is 9.45. The molecular weight excluding hydrogens is 1060 g/mol. The average Bonchev–Trinajstić information content (AvgIpc) is 4.43. The van der Waals surface area contributed by atoms with E-state index in [9.17, 15) is 18.4 Å². The molecule has 4 heterocycles. The van der Waals surface area contributed by atoms with E-state index in [4.69, 9.17) is 14.2 Å². The summed E-state index contributed by atoms with van der Waals surface area (Å²) in [6.45, 7) is 18.3. The Kier molecular flexibility index (Phi) is 23.0. The van der Waals surface area contributed by atoms with Crippen LogP contribution in [0.15, 0.2) is 146 Å². The highest BCUT2D eigenvalue weighted by atomic mass is 28.3. The SMILES string of the molecule is C.C.COCN(Cc1ccccc1)C[Si](C)(C)C.COc1cc(/C=C2\CCCN(C(C)c3ccc(F)cc3)C2=O)ccc1-n1cnc(C)c1.COc1cc(C2CCCC23CCCN(C(C)c2ccc(F)cc2)C3=O)ccc1-n1cnc(C)c1. The molecule has 4 unspecified atom stereocenters. The fourth-order valence-electron chi connectivity index (χ4n) is 12.0. The van der Waals surface area contributed by atoms with Gasteiger partial charge in [0.2, 0.25) is 11.8 Å². The molecule has 0 radical (unpaired) electrons. The second kappa shape index (κ2) is 29.4. The van der Waals surface area contributed by atoms with Crippen molar-refractivity contribution in [1.29, 1.82) is 0 Å².